The van der Waals surface area contributed by atoms with E-state index in [9.17, 15) is 0 Å². The van der Waals surface area contributed by atoms with Crippen molar-refractivity contribution in [1.82, 2.24) is 0 Å². The largest absolute Gasteiger partial charge is 2.00 e. The van der Waals surface area contributed by atoms with Gasteiger partial charge in [0.25, 0.3) is 0 Å². The van der Waals surface area contributed by atoms with Crippen LogP contribution in [0.3, 0.4) is 0 Å². The third-order valence-corrected chi connectivity index (χ3v) is 0. The molecule has 0 amide bonds. The second kappa shape index (κ2) is 326. The summed E-state index contributed by atoms with van der Waals surface area (Å²) in [6, 6.07) is 0. The van der Waals surface area contributed by atoms with Crippen molar-refractivity contribution >= 4 is 1620 Å². The van der Waals surface area contributed by atoms with Crippen molar-refractivity contribution in [1.29, 1.82) is 0 Å². The summed E-state index contributed by atoms with van der Waals surface area (Å²) in [7, 11) is 0. The van der Waals surface area contributed by atoms with Crippen molar-refractivity contribution < 1.29 is 16.4 Å². The van der Waals surface area contributed by atoms with Crippen molar-refractivity contribution in [3.05, 3.63) is 0 Å². The predicted octanol–water partition coefficient (Wildman–Crippen LogP) is -18.8. The molecule has 0 aliphatic rings. The summed E-state index contributed by atoms with van der Waals surface area (Å²) in [5.74, 6) is 0. The molecule has 0 aromatic carbocycles. The van der Waals surface area contributed by atoms with Crippen LogP contribution in [-0.2, 0) is 0 Å². The Kier molecular flexibility index (Phi) is 2380. The van der Waals surface area contributed by atoms with Gasteiger partial charge in [-0.2, -0.15) is 0 Å². The third kappa shape index (κ3) is 316. The van der Waals surface area contributed by atoms with Crippen LogP contribution < -0.4 is 0 Å². The fourth-order valence-electron chi connectivity index (χ4n) is 0. The summed E-state index contributed by atoms with van der Waals surface area (Å²) < 4.78 is 0. The van der Waals surface area contributed by atoms with E-state index in [1.807, 2.05) is 0 Å². The maximum atomic E-state index is 0. The Morgan fingerprint density at radius 2 is 0.0435 bits per heavy atom. The van der Waals surface area contributed by atoms with Gasteiger partial charge in [0.15, 0.2) is 0 Å². The van der Waals surface area contributed by atoms with Crippen LogP contribution in [0.2, 0.25) is 0 Å². The van der Waals surface area contributed by atoms with Crippen LogP contribution >= 0.6 is 0 Å². The molecule has 3 nitrogen and oxygen atoms in total. The molecule has 0 bridgehead atoms. The molecule has 0 spiro atoms. The van der Waals surface area contributed by atoms with Crippen LogP contribution in [0.4, 0.5) is 0 Å². The maximum Gasteiger partial charge on any atom is 2.00 e. The monoisotopic (exact) mass is 1770 g/mol. The smallest absolute Gasteiger partial charge is 0.412 e. The van der Waals surface area contributed by atoms with E-state index in [1.54, 1.807) is 0 Å². The Morgan fingerprint density at radius 1 is 0.0435 bits per heavy atom. The topological polar surface area (TPSA) is 94.5 Å². The molecule has 0 radical (unpaired) electrons. The summed E-state index contributed by atoms with van der Waals surface area (Å²) in [6.07, 6.45) is 0. The minimum atomic E-state index is 0. The molecule has 0 aromatic heterocycles. The molecule has 46 heavy (non-hydrogen) atoms. The van der Waals surface area contributed by atoms with E-state index in [0.29, 0.717) is 0 Å². The van der Waals surface area contributed by atoms with Crippen molar-refractivity contribution in [2.24, 2.45) is 0 Å². The fraction of sp³-hybridized carbons (Fsp3) is 0. The zero-order valence-corrected chi connectivity index (χ0v) is 127. The van der Waals surface area contributed by atoms with Crippen LogP contribution in [0.5, 0.6) is 0 Å². The molecule has 0 aliphatic heterocycles. The van der Waals surface area contributed by atoms with Gasteiger partial charge in [-0.05, 0) is 0 Å². The molecule has 24 valence electrons. The van der Waals surface area contributed by atoms with Crippen molar-refractivity contribution in [3.63, 3.8) is 0 Å². The van der Waals surface area contributed by atoms with Crippen LogP contribution in [0.15, 0.2) is 0 Å². The number of rotatable bonds is 0. The van der Waals surface area contributed by atoms with E-state index >= 15 is 0 Å². The Morgan fingerprint density at radius 3 is 0.0435 bits per heavy atom. The molecular weight excluding hydrogens is 1770 g/mol. The minimum Gasteiger partial charge on any atom is -0.412 e. The standard InChI is InChI=1S/43Ca.3H2O/h;;;;;;;;;;;;;;;;;;;;;;;;;;;;;;;;;;;;;;;;;;;3*1H2/q43*+2;;;. The second-order valence-electron chi connectivity index (χ2n) is 0. The zero-order valence-electron chi connectivity index (χ0n) is 31.9. The molecule has 0 unspecified atom stereocenters. The molecule has 46 heteroatoms. The van der Waals surface area contributed by atoms with Gasteiger partial charge < -0.3 is 16.4 Å². The molecular formula is H6Ca43O3+86. The summed E-state index contributed by atoms with van der Waals surface area (Å²) >= 11 is 0. The first-order valence-electron chi connectivity index (χ1n) is 0. The first-order chi connectivity index (χ1) is 0. The van der Waals surface area contributed by atoms with Gasteiger partial charge in [-0.15, -0.1) is 0 Å². The Bertz CT molecular complexity index is 16.0. The first-order valence-corrected chi connectivity index (χ1v) is 0. The van der Waals surface area contributed by atoms with Gasteiger partial charge in [0.2, 0.25) is 0 Å². The Labute approximate surface area is 1570 Å². The summed E-state index contributed by atoms with van der Waals surface area (Å²) in [5, 5.41) is 0. The van der Waals surface area contributed by atoms with E-state index in [4.69, 9.17) is 0 Å². The van der Waals surface area contributed by atoms with E-state index in [0.717, 1.165) is 0 Å². The summed E-state index contributed by atoms with van der Waals surface area (Å²) in [6.45, 7) is 0. The van der Waals surface area contributed by atoms with E-state index in [2.05, 4.69) is 0 Å². The van der Waals surface area contributed by atoms with E-state index in [1.165, 1.54) is 0 Å². The summed E-state index contributed by atoms with van der Waals surface area (Å²) in [5.41, 5.74) is 0. The Hall–Kier alpha value is 54.0. The van der Waals surface area contributed by atoms with Crippen molar-refractivity contribution in [2.45, 2.75) is 0 Å². The quantitative estimate of drug-likeness (QED) is 0.216. The van der Waals surface area contributed by atoms with Gasteiger partial charge in [0.05, 0.1) is 0 Å². The van der Waals surface area contributed by atoms with E-state index < -0.39 is 0 Å². The maximum absolute atomic E-state index is 0. The van der Waals surface area contributed by atoms with Crippen LogP contribution in [0, 0.1) is 0 Å². The summed E-state index contributed by atoms with van der Waals surface area (Å²) in [4.78, 5) is 0. The van der Waals surface area contributed by atoms with Crippen LogP contribution in [0.25, 0.3) is 0 Å². The predicted molar refractivity (Wildman–Crippen MR) is 258 cm³/mol. The normalized spacial score (nSPS) is 0. The average Bonchev–Trinajstić information content (AvgIpc) is 0. The third-order valence-electron chi connectivity index (χ3n) is 0. The zero-order chi connectivity index (χ0) is 0. The SMILES string of the molecule is O.O.O.[Ca+2].[Ca+2].[Ca+2].[Ca+2].[Ca+2].[Ca+2].[Ca+2].[Ca+2].[Ca+2].[Ca+2].[Ca+2].[Ca+2].[Ca+2].[Ca+2].[Ca+2].[Ca+2].[Ca+2].[Ca+2].[Ca+2].[Ca+2].[Ca+2].[Ca+2].[Ca+2].[Ca+2].[Ca+2].[Ca+2].[Ca+2].[Ca+2].[Ca+2].[Ca+2].[Ca+2].[Ca+2].[Ca+2].[Ca+2].[Ca+2].[Ca+2].[Ca+2].[Ca+2].[Ca+2].[Ca+2].[Ca+2].[Ca+2].[Ca+2]. The molecule has 6 N–H and O–H groups in total. The van der Waals surface area contributed by atoms with Crippen LogP contribution in [0.1, 0.15) is 0 Å². The van der Waals surface area contributed by atoms with Gasteiger partial charge >= 0.3 is 1620 Å². The van der Waals surface area contributed by atoms with Gasteiger partial charge in [-0.3, -0.25) is 0 Å². The van der Waals surface area contributed by atoms with Crippen molar-refractivity contribution in [2.75, 3.05) is 0 Å². The molecule has 0 rings (SSSR count). The van der Waals surface area contributed by atoms with Gasteiger partial charge in [-0.1, -0.05) is 0 Å². The molecule has 0 atom stereocenters. The van der Waals surface area contributed by atoms with E-state index in [-0.39, 0.29) is 1640 Å². The number of hydrogen-bond acceptors (Lipinski definition) is 0. The molecule has 0 aromatic rings. The Balaban J connectivity index is 0. The first kappa shape index (κ1) is 336. The minimum absolute atomic E-state index is 0. The average molecular weight is 1780 g/mol. The van der Waals surface area contributed by atoms with Gasteiger partial charge in [-0.25, -0.2) is 0 Å². The molecule has 0 heterocycles. The molecule has 0 saturated carbocycles. The molecule has 0 saturated heterocycles. The van der Waals surface area contributed by atoms with Gasteiger partial charge in [0.1, 0.15) is 0 Å². The fourth-order valence-corrected chi connectivity index (χ4v) is 0. The van der Waals surface area contributed by atoms with Gasteiger partial charge in [0, 0.05) is 0 Å². The number of hydrogen-bond donors (Lipinski definition) is 0. The van der Waals surface area contributed by atoms with Crippen LogP contribution in [-0.4, -0.2) is 1640 Å². The molecule has 0 fully saturated rings. The second-order valence-corrected chi connectivity index (χ2v) is 0. The molecule has 0 aliphatic carbocycles. The van der Waals surface area contributed by atoms with Crippen molar-refractivity contribution in [3.8, 4) is 0 Å².